The fraction of sp³-hybridized carbons (Fsp3) is 0.172. The first kappa shape index (κ1) is 25.4. The molecule has 0 unspecified atom stereocenters. The quantitative estimate of drug-likeness (QED) is 0.210. The predicted octanol–water partition coefficient (Wildman–Crippen LogP) is 10.6. The minimum Gasteiger partial charge on any atom is -0.207 e. The molecule has 0 amide bonds. The molecule has 6 rings (SSSR count). The van der Waals surface area contributed by atoms with Crippen LogP contribution in [0.4, 0.5) is 13.2 Å². The summed E-state index contributed by atoms with van der Waals surface area (Å²) in [5, 5.41) is 9.81. The molecule has 6 heteroatoms. The van der Waals surface area contributed by atoms with Gasteiger partial charge in [0.1, 0.15) is 17.5 Å². The van der Waals surface area contributed by atoms with Crippen LogP contribution in [-0.2, 0) is 12.8 Å². The van der Waals surface area contributed by atoms with Crippen LogP contribution in [0, 0.1) is 24.4 Å². The molecule has 0 aliphatic carbocycles. The highest BCUT2D eigenvalue weighted by atomic mass is 32.1. The predicted molar refractivity (Wildman–Crippen MR) is 149 cm³/mol. The molecule has 35 heavy (non-hydrogen) atoms. The summed E-state index contributed by atoms with van der Waals surface area (Å²) in [6.07, 6.45) is 2.04. The molecular weight excluding hydrogens is 502 g/mol. The molecule has 0 saturated carbocycles. The summed E-state index contributed by atoms with van der Waals surface area (Å²) in [6, 6.07) is 14.9. The van der Waals surface area contributed by atoms with Crippen LogP contribution in [-0.4, -0.2) is 0 Å². The van der Waals surface area contributed by atoms with Crippen molar-refractivity contribution in [1.82, 2.24) is 0 Å². The molecule has 0 radical (unpaired) electrons. The van der Waals surface area contributed by atoms with Crippen LogP contribution in [0.5, 0.6) is 0 Å². The summed E-state index contributed by atoms with van der Waals surface area (Å²) < 4.78 is 41.3. The topological polar surface area (TPSA) is 0 Å². The number of hydrogen-bond donors (Lipinski definition) is 0. The van der Waals surface area contributed by atoms with Crippen LogP contribution in [0.2, 0.25) is 0 Å². The SMILES string of the molecule is CCc1csc2cc(F)ccc12.CCc1csc2cc(F)ccc12.Cc1csc2cc(F)ccc12. The fourth-order valence-corrected chi connectivity index (χ4v) is 6.90. The van der Waals surface area contributed by atoms with E-state index in [-0.39, 0.29) is 17.5 Å². The van der Waals surface area contributed by atoms with Crippen molar-refractivity contribution in [3.63, 3.8) is 0 Å². The van der Waals surface area contributed by atoms with Gasteiger partial charge in [0.05, 0.1) is 0 Å². The van der Waals surface area contributed by atoms with Gasteiger partial charge in [0.25, 0.3) is 0 Å². The summed E-state index contributed by atoms with van der Waals surface area (Å²) in [4.78, 5) is 0. The average Bonchev–Trinajstić information content (AvgIpc) is 3.55. The van der Waals surface area contributed by atoms with Crippen LogP contribution in [0.3, 0.4) is 0 Å². The van der Waals surface area contributed by atoms with Gasteiger partial charge in [-0.2, -0.15) is 0 Å². The van der Waals surface area contributed by atoms with E-state index in [1.165, 1.54) is 45.7 Å². The van der Waals surface area contributed by atoms with Crippen molar-refractivity contribution in [1.29, 1.82) is 0 Å². The molecule has 3 aromatic carbocycles. The lowest BCUT2D eigenvalue weighted by molar-refractivity contribution is 0.629. The Labute approximate surface area is 215 Å². The number of benzene rings is 3. The molecule has 0 N–H and O–H groups in total. The average molecular weight is 527 g/mol. The molecule has 0 aliphatic rings. The molecular formula is C29H25F3S3. The van der Waals surface area contributed by atoms with Crippen molar-refractivity contribution in [3.05, 3.63) is 105 Å². The maximum atomic E-state index is 12.8. The Morgan fingerprint density at radius 3 is 1.34 bits per heavy atom. The second-order valence-corrected chi connectivity index (χ2v) is 10.8. The summed E-state index contributed by atoms with van der Waals surface area (Å²) in [5.74, 6) is -0.446. The molecule has 0 nitrogen and oxygen atoms in total. The summed E-state index contributed by atoms with van der Waals surface area (Å²) in [6.45, 7) is 6.27. The Morgan fingerprint density at radius 2 is 0.914 bits per heavy atom. The Hall–Kier alpha value is -2.67. The Balaban J connectivity index is 0.000000124. The normalized spacial score (nSPS) is 10.8. The molecule has 0 bridgehead atoms. The first-order chi connectivity index (χ1) is 16.9. The smallest absolute Gasteiger partial charge is 0.124 e. The number of aryl methyl sites for hydroxylation is 3. The lowest BCUT2D eigenvalue weighted by Gasteiger charge is -1.92. The molecule has 0 saturated heterocycles. The Kier molecular flexibility index (Phi) is 8.26. The molecule has 0 spiro atoms. The molecule has 3 heterocycles. The highest BCUT2D eigenvalue weighted by Gasteiger charge is 2.03. The van der Waals surface area contributed by atoms with Gasteiger partial charge >= 0.3 is 0 Å². The lowest BCUT2D eigenvalue weighted by atomic mass is 10.1. The van der Waals surface area contributed by atoms with E-state index < -0.39 is 0 Å². The number of halogens is 3. The van der Waals surface area contributed by atoms with Crippen LogP contribution in [0.1, 0.15) is 30.5 Å². The van der Waals surface area contributed by atoms with Gasteiger partial charge in [0.2, 0.25) is 0 Å². The van der Waals surface area contributed by atoms with Crippen molar-refractivity contribution in [2.75, 3.05) is 0 Å². The monoisotopic (exact) mass is 526 g/mol. The van der Waals surface area contributed by atoms with Crippen molar-refractivity contribution in [2.24, 2.45) is 0 Å². The van der Waals surface area contributed by atoms with Gasteiger partial charge in [-0.15, -0.1) is 34.0 Å². The highest BCUT2D eigenvalue weighted by molar-refractivity contribution is 7.18. The Bertz CT molecular complexity index is 1490. The van der Waals surface area contributed by atoms with E-state index >= 15 is 0 Å². The minimum absolute atomic E-state index is 0.146. The molecule has 0 atom stereocenters. The Morgan fingerprint density at radius 1 is 0.543 bits per heavy atom. The zero-order chi connectivity index (χ0) is 24.9. The molecule has 6 aromatic rings. The first-order valence-electron chi connectivity index (χ1n) is 11.3. The number of hydrogen-bond acceptors (Lipinski definition) is 3. The number of fused-ring (bicyclic) bond motifs is 3. The fourth-order valence-electron chi connectivity index (χ4n) is 3.80. The van der Waals surface area contributed by atoms with Crippen LogP contribution < -0.4 is 0 Å². The highest BCUT2D eigenvalue weighted by Crippen LogP contribution is 2.28. The lowest BCUT2D eigenvalue weighted by Crippen LogP contribution is -1.76. The van der Waals surface area contributed by atoms with Gasteiger partial charge in [-0.3, -0.25) is 0 Å². The van der Waals surface area contributed by atoms with Gasteiger partial charge in [0, 0.05) is 14.1 Å². The molecule has 3 aromatic heterocycles. The second kappa shape index (κ2) is 11.4. The molecule has 180 valence electrons. The van der Waals surface area contributed by atoms with Crippen LogP contribution in [0.25, 0.3) is 30.3 Å². The first-order valence-corrected chi connectivity index (χ1v) is 14.0. The van der Waals surface area contributed by atoms with Gasteiger partial charge in [-0.25, -0.2) is 13.2 Å². The van der Waals surface area contributed by atoms with Crippen LogP contribution in [0.15, 0.2) is 70.7 Å². The van der Waals surface area contributed by atoms with E-state index in [2.05, 4.69) is 24.6 Å². The third-order valence-corrected chi connectivity index (χ3v) is 8.78. The van der Waals surface area contributed by atoms with Gasteiger partial charge in [-0.1, -0.05) is 32.0 Å². The van der Waals surface area contributed by atoms with Crippen molar-refractivity contribution < 1.29 is 13.2 Å². The van der Waals surface area contributed by atoms with Crippen LogP contribution >= 0.6 is 34.0 Å². The van der Waals surface area contributed by atoms with Crippen molar-refractivity contribution in [2.45, 2.75) is 33.6 Å². The zero-order valence-corrected chi connectivity index (χ0v) is 22.2. The van der Waals surface area contributed by atoms with E-state index in [1.54, 1.807) is 52.2 Å². The summed E-state index contributed by atoms with van der Waals surface area (Å²) in [5.41, 5.74) is 3.86. The van der Waals surface area contributed by atoms with E-state index in [0.717, 1.165) is 32.3 Å². The third kappa shape index (κ3) is 5.95. The van der Waals surface area contributed by atoms with Gasteiger partial charge in [0.15, 0.2) is 0 Å². The van der Waals surface area contributed by atoms with Gasteiger partial charge in [-0.05, 0) is 105 Å². The summed E-state index contributed by atoms with van der Waals surface area (Å²) in [7, 11) is 0. The minimum atomic E-state index is -0.153. The molecule has 0 fully saturated rings. The van der Waals surface area contributed by atoms with E-state index in [1.807, 2.05) is 30.5 Å². The standard InChI is InChI=1S/2C10H9FS.C9H7FS/c2*1-2-7-6-12-10-5-8(11)3-4-9(7)10;1-6-5-11-9-4-7(10)2-3-8(6)9/h2*3-6H,2H2,1H3;2-5H,1H3. The largest absolute Gasteiger partial charge is 0.207 e. The maximum Gasteiger partial charge on any atom is 0.124 e. The van der Waals surface area contributed by atoms with E-state index in [9.17, 15) is 13.2 Å². The third-order valence-electron chi connectivity index (χ3n) is 5.73. The van der Waals surface area contributed by atoms with E-state index in [4.69, 9.17) is 0 Å². The maximum absolute atomic E-state index is 12.8. The number of rotatable bonds is 2. The van der Waals surface area contributed by atoms with Crippen molar-refractivity contribution in [3.8, 4) is 0 Å². The second-order valence-electron chi connectivity index (χ2n) is 8.07. The van der Waals surface area contributed by atoms with E-state index in [0.29, 0.717) is 0 Å². The molecule has 0 aliphatic heterocycles. The van der Waals surface area contributed by atoms with Crippen molar-refractivity contribution >= 4 is 64.3 Å². The van der Waals surface area contributed by atoms with Gasteiger partial charge < -0.3 is 0 Å². The summed E-state index contributed by atoms with van der Waals surface area (Å²) >= 11 is 4.81. The number of thiophene rings is 3. The zero-order valence-electron chi connectivity index (χ0n) is 19.7.